The average Bonchev–Trinajstić information content (AvgIpc) is 3.96. The Morgan fingerprint density at radius 1 is 0.600 bits per heavy atom. The fraction of sp³-hybridized carbons (Fsp3) is 0.133. The molecular formula is C45H43N9O5S. The predicted octanol–water partition coefficient (Wildman–Crippen LogP) is 6.26. The fourth-order valence-electron chi connectivity index (χ4n) is 6.13. The second kappa shape index (κ2) is 19.9. The van der Waals surface area contributed by atoms with Crippen LogP contribution < -0.4 is 16.4 Å². The summed E-state index contributed by atoms with van der Waals surface area (Å²) in [4.78, 5) is 43.8. The first-order valence-electron chi connectivity index (χ1n) is 19.0. The van der Waals surface area contributed by atoms with Gasteiger partial charge >= 0.3 is 0 Å². The summed E-state index contributed by atoms with van der Waals surface area (Å²) >= 11 is 0. The molecule has 4 N–H and O–H groups in total. The van der Waals surface area contributed by atoms with E-state index in [2.05, 4.69) is 36.5 Å². The molecule has 0 unspecified atom stereocenters. The van der Waals surface area contributed by atoms with Crippen LogP contribution in [-0.4, -0.2) is 68.5 Å². The van der Waals surface area contributed by atoms with Gasteiger partial charge in [-0.2, -0.15) is 10.2 Å². The molecule has 14 nitrogen and oxygen atoms in total. The maximum atomic E-state index is 12.3. The van der Waals surface area contributed by atoms with E-state index in [1.165, 1.54) is 31.8 Å². The van der Waals surface area contributed by atoms with Crippen molar-refractivity contribution >= 4 is 50.6 Å². The predicted molar refractivity (Wildman–Crippen MR) is 232 cm³/mol. The van der Waals surface area contributed by atoms with E-state index in [9.17, 15) is 22.8 Å². The minimum Gasteiger partial charge on any atom is -0.333 e. The summed E-state index contributed by atoms with van der Waals surface area (Å²) in [6, 6.07) is 37.1. The van der Waals surface area contributed by atoms with Crippen molar-refractivity contribution in [3.8, 4) is 22.3 Å². The number of carbonyl (C=O) groups is 3. The number of aldehydes is 1. The Hall–Kier alpha value is -7.36. The number of hydrogen-bond acceptors (Lipinski definition) is 10. The average molecular weight is 822 g/mol. The van der Waals surface area contributed by atoms with E-state index in [4.69, 9.17) is 0 Å². The quantitative estimate of drug-likeness (QED) is 0.118. The number of nitrogens with two attached hydrogens (primary N) is 1. The van der Waals surface area contributed by atoms with Gasteiger partial charge in [0.1, 0.15) is 18.9 Å². The van der Waals surface area contributed by atoms with Gasteiger partial charge in [0.15, 0.2) is 21.1 Å². The van der Waals surface area contributed by atoms with Crippen LogP contribution in [0, 0.1) is 0 Å². The van der Waals surface area contributed by atoms with Crippen molar-refractivity contribution in [3.63, 3.8) is 0 Å². The van der Waals surface area contributed by atoms with Crippen LogP contribution >= 0.6 is 0 Å². The second-order valence-electron chi connectivity index (χ2n) is 13.3. The highest BCUT2D eigenvalue weighted by Gasteiger charge is 2.12. The van der Waals surface area contributed by atoms with Crippen LogP contribution in [0.3, 0.4) is 0 Å². The number of nitrogens with zero attached hydrogens (tertiary/aromatic N) is 6. The first kappa shape index (κ1) is 42.3. The van der Waals surface area contributed by atoms with Crippen molar-refractivity contribution in [2.45, 2.75) is 31.1 Å². The number of carbonyl (C=O) groups excluding carboxylic acids is 3. The summed E-state index contributed by atoms with van der Waals surface area (Å²) in [6.07, 6.45) is 8.52. The minimum atomic E-state index is -3.25. The normalized spacial score (nSPS) is 10.8. The van der Waals surface area contributed by atoms with Gasteiger partial charge in [-0.15, -0.1) is 0 Å². The smallest absolute Gasteiger partial charge is 0.228 e. The molecular weight excluding hydrogens is 779 g/mol. The van der Waals surface area contributed by atoms with Crippen molar-refractivity contribution in [2.75, 3.05) is 23.4 Å². The number of aromatic nitrogens is 6. The van der Waals surface area contributed by atoms with Gasteiger partial charge in [-0.3, -0.25) is 9.59 Å². The molecule has 4 aromatic heterocycles. The molecule has 60 heavy (non-hydrogen) atoms. The molecule has 4 heterocycles. The zero-order valence-corrected chi connectivity index (χ0v) is 33.8. The van der Waals surface area contributed by atoms with Crippen molar-refractivity contribution in [1.82, 2.24) is 29.2 Å². The Kier molecular flexibility index (Phi) is 14.0. The van der Waals surface area contributed by atoms with Crippen LogP contribution in [0.4, 0.5) is 11.4 Å². The molecule has 0 aliphatic heterocycles. The van der Waals surface area contributed by atoms with Crippen molar-refractivity contribution < 1.29 is 22.8 Å². The number of fused-ring (bicyclic) bond motifs is 2. The van der Waals surface area contributed by atoms with E-state index in [1.54, 1.807) is 40.2 Å². The lowest BCUT2D eigenvalue weighted by Crippen LogP contribution is -2.14. The van der Waals surface area contributed by atoms with Crippen LogP contribution in [-0.2, 0) is 43.5 Å². The Morgan fingerprint density at radius 2 is 1.02 bits per heavy atom. The summed E-state index contributed by atoms with van der Waals surface area (Å²) in [7, 11) is -1.75. The first-order valence-corrected chi connectivity index (χ1v) is 20.6. The molecule has 0 atom stereocenters. The number of benzene rings is 4. The van der Waals surface area contributed by atoms with Crippen LogP contribution in [0.25, 0.3) is 33.5 Å². The van der Waals surface area contributed by atoms with E-state index in [-0.39, 0.29) is 28.9 Å². The highest BCUT2D eigenvalue weighted by Crippen LogP contribution is 2.23. The van der Waals surface area contributed by atoms with Gasteiger partial charge in [0.2, 0.25) is 11.8 Å². The number of hydrogen-bond donors (Lipinski definition) is 3. The number of amides is 2. The number of pyridine rings is 2. The van der Waals surface area contributed by atoms with Gasteiger partial charge in [-0.05, 0) is 107 Å². The van der Waals surface area contributed by atoms with Crippen molar-refractivity contribution in [1.29, 1.82) is 0 Å². The summed E-state index contributed by atoms with van der Waals surface area (Å²) in [5, 5.41) is 13.9. The molecule has 0 radical (unpaired) electrons. The number of sulfone groups is 1. The lowest BCUT2D eigenvalue weighted by molar-refractivity contribution is -0.116. The molecule has 0 bridgehead atoms. The highest BCUT2D eigenvalue weighted by molar-refractivity contribution is 7.91. The Labute approximate surface area is 347 Å². The summed E-state index contributed by atoms with van der Waals surface area (Å²) < 4.78 is 27.1. The SMILES string of the molecule is CCS(=O)(=O)c1ccc(NC(=O)Cc2ccc(-c3ccn4ncnc4c3)cc2)cc1.CN.O=CCc1ccc(NC(=O)Cc2ccc(-c3ccn4ncnc4c3)cc2)cc1. The second-order valence-corrected chi connectivity index (χ2v) is 15.6. The molecule has 0 fully saturated rings. The van der Waals surface area contributed by atoms with Crippen LogP contribution in [0.2, 0.25) is 0 Å². The molecule has 8 aromatic rings. The molecule has 15 heteroatoms. The molecule has 304 valence electrons. The summed E-state index contributed by atoms with van der Waals surface area (Å²) in [6.45, 7) is 1.60. The van der Waals surface area contributed by atoms with Gasteiger partial charge < -0.3 is 21.2 Å². The topological polar surface area (TPSA) is 196 Å². The Morgan fingerprint density at radius 3 is 1.43 bits per heavy atom. The molecule has 0 saturated heterocycles. The van der Waals surface area contributed by atoms with Crippen LogP contribution in [0.15, 0.2) is 151 Å². The molecule has 0 spiro atoms. The van der Waals surface area contributed by atoms with E-state index >= 15 is 0 Å². The van der Waals surface area contributed by atoms with E-state index in [0.29, 0.717) is 18.5 Å². The third kappa shape index (κ3) is 11.0. The van der Waals surface area contributed by atoms with Crippen LogP contribution in [0.5, 0.6) is 0 Å². The Balaban J connectivity index is 0.000000194. The fourth-order valence-corrected chi connectivity index (χ4v) is 7.02. The highest BCUT2D eigenvalue weighted by atomic mass is 32.2. The maximum absolute atomic E-state index is 12.3. The van der Waals surface area contributed by atoms with Crippen LogP contribution in [0.1, 0.15) is 23.6 Å². The zero-order valence-electron chi connectivity index (χ0n) is 33.0. The van der Waals surface area contributed by atoms with Gasteiger partial charge in [0.25, 0.3) is 0 Å². The number of nitrogens with one attached hydrogen (secondary N) is 2. The van der Waals surface area contributed by atoms with Gasteiger partial charge in [-0.25, -0.2) is 27.4 Å². The molecule has 0 aliphatic rings. The van der Waals surface area contributed by atoms with Crippen molar-refractivity contribution in [3.05, 3.63) is 163 Å². The molecule has 8 rings (SSSR count). The van der Waals surface area contributed by atoms with E-state index in [0.717, 1.165) is 62.2 Å². The molecule has 0 aliphatic carbocycles. The third-order valence-electron chi connectivity index (χ3n) is 9.30. The molecule has 2 amide bonds. The standard InChI is InChI=1S/C22H20N4O3S.C22H18N4O2.CH5N/c1-2-30(28,29)20-9-7-19(8-10-20)25-22(27)13-16-3-5-17(6-4-16)18-11-12-26-21(14-18)23-15-24-26;27-12-10-16-3-7-20(8-4-16)25-22(28)13-17-1-5-18(6-2-17)19-9-11-26-21(14-19)23-15-24-26;1-2/h3-12,14-15H,2,13H2,1H3,(H,25,27);1-9,11-12,14-15H,10,13H2,(H,25,28);2H2,1H3. The minimum absolute atomic E-state index is 0.0432. The largest absolute Gasteiger partial charge is 0.333 e. The number of rotatable bonds is 12. The monoisotopic (exact) mass is 821 g/mol. The summed E-state index contributed by atoms with van der Waals surface area (Å²) in [5.74, 6) is -0.207. The van der Waals surface area contributed by atoms with Gasteiger partial charge in [0.05, 0.1) is 23.5 Å². The lowest BCUT2D eigenvalue weighted by atomic mass is 10.0. The molecule has 4 aromatic carbocycles. The zero-order chi connectivity index (χ0) is 42.5. The maximum Gasteiger partial charge on any atom is 0.228 e. The van der Waals surface area contributed by atoms with Crippen molar-refractivity contribution in [2.24, 2.45) is 5.73 Å². The van der Waals surface area contributed by atoms with E-state index < -0.39 is 9.84 Å². The van der Waals surface area contributed by atoms with Gasteiger partial charge in [0, 0.05) is 30.2 Å². The lowest BCUT2D eigenvalue weighted by Gasteiger charge is -2.08. The van der Waals surface area contributed by atoms with Gasteiger partial charge in [-0.1, -0.05) is 67.6 Å². The first-order chi connectivity index (χ1) is 29.1. The summed E-state index contributed by atoms with van der Waals surface area (Å²) in [5.41, 5.74) is 14.2. The molecule has 0 saturated carbocycles. The number of anilines is 2. The third-order valence-corrected chi connectivity index (χ3v) is 11.0. The van der Waals surface area contributed by atoms with E-state index in [1.807, 2.05) is 97.3 Å². The Bertz CT molecular complexity index is 2800.